The number of carbonyl (C=O) groups excluding carboxylic acids is 2. The first-order valence-corrected chi connectivity index (χ1v) is 9.41. The van der Waals surface area contributed by atoms with E-state index in [-0.39, 0.29) is 10.8 Å². The normalized spacial score (nSPS) is 11.4. The van der Waals surface area contributed by atoms with Crippen LogP contribution < -0.4 is 5.32 Å². The number of nitrogens with zero attached hydrogens (tertiary/aromatic N) is 1. The van der Waals surface area contributed by atoms with E-state index < -0.39 is 22.7 Å². The summed E-state index contributed by atoms with van der Waals surface area (Å²) in [7, 11) is 0. The number of hydrogen-bond acceptors (Lipinski definition) is 5. The summed E-state index contributed by atoms with van der Waals surface area (Å²) in [4.78, 5) is 28.2. The third-order valence-corrected chi connectivity index (χ3v) is 5.54. The largest absolute Gasteiger partial charge is 0.455 e. The molecule has 4 nitrogen and oxygen atoms in total. The molecule has 0 radical (unpaired) electrons. The minimum Gasteiger partial charge on any atom is -0.298 e. The van der Waals surface area contributed by atoms with E-state index in [2.05, 4.69) is 10.3 Å². The van der Waals surface area contributed by atoms with E-state index in [9.17, 15) is 22.8 Å². The molecule has 0 saturated carbocycles. The zero-order valence-corrected chi connectivity index (χ0v) is 15.8. The maximum Gasteiger partial charge on any atom is 0.455 e. The van der Waals surface area contributed by atoms with E-state index >= 15 is 0 Å². The zero-order chi connectivity index (χ0) is 19.8. The van der Waals surface area contributed by atoms with Crippen LogP contribution in [-0.2, 0) is 0 Å². The van der Waals surface area contributed by atoms with Crippen molar-refractivity contribution in [2.45, 2.75) is 20.0 Å². The molecule has 2 aromatic heterocycles. The van der Waals surface area contributed by atoms with Crippen LogP contribution >= 0.6 is 22.7 Å². The Balaban J connectivity index is 1.97. The molecule has 2 heterocycles. The number of hydrogen-bond donors (Lipinski definition) is 1. The van der Waals surface area contributed by atoms with E-state index in [1.165, 1.54) is 0 Å². The van der Waals surface area contributed by atoms with E-state index in [0.29, 0.717) is 21.8 Å². The fourth-order valence-electron chi connectivity index (χ4n) is 2.47. The minimum atomic E-state index is -5.02. The Morgan fingerprint density at radius 3 is 2.48 bits per heavy atom. The van der Waals surface area contributed by atoms with Crippen LogP contribution in [0.4, 0.5) is 18.3 Å². The standard InChI is InChI=1S/C18H13F3N2O2S2/c1-9-5-6-11(10(2)8-9)16(25)23-17-22-13(12-4-3-7-26-12)14(27-17)15(24)18(19,20)21/h3-8H,1-2H3,(H,22,23,25). The van der Waals surface area contributed by atoms with Crippen molar-refractivity contribution in [1.82, 2.24) is 4.98 Å². The van der Waals surface area contributed by atoms with Crippen LogP contribution in [-0.4, -0.2) is 22.9 Å². The number of thiophene rings is 1. The van der Waals surface area contributed by atoms with E-state index in [0.717, 1.165) is 22.5 Å². The first kappa shape index (κ1) is 19.2. The summed E-state index contributed by atoms with van der Waals surface area (Å²) in [5.74, 6) is -2.47. The fraction of sp³-hybridized carbons (Fsp3) is 0.167. The predicted molar refractivity (Wildman–Crippen MR) is 99.7 cm³/mol. The average molecular weight is 410 g/mol. The van der Waals surface area contributed by atoms with Crippen LogP contribution in [0, 0.1) is 13.8 Å². The van der Waals surface area contributed by atoms with Gasteiger partial charge in [0.15, 0.2) is 5.13 Å². The Morgan fingerprint density at radius 1 is 1.15 bits per heavy atom. The number of benzene rings is 1. The van der Waals surface area contributed by atoms with Gasteiger partial charge in [0.2, 0.25) is 0 Å². The number of amides is 1. The molecule has 0 bridgehead atoms. The SMILES string of the molecule is Cc1ccc(C(=O)Nc2nc(-c3cccs3)c(C(=O)C(F)(F)F)s2)c(C)c1. The van der Waals surface area contributed by atoms with Gasteiger partial charge in [0.05, 0.1) is 4.88 Å². The second-order valence-corrected chi connectivity index (χ2v) is 7.72. The predicted octanol–water partition coefficient (Wildman–Crippen LogP) is 5.49. The minimum absolute atomic E-state index is 0.0593. The van der Waals surface area contributed by atoms with E-state index in [1.807, 2.05) is 13.0 Å². The summed E-state index contributed by atoms with van der Waals surface area (Å²) >= 11 is 1.68. The molecule has 0 aliphatic rings. The molecule has 140 valence electrons. The number of nitrogens with one attached hydrogen (secondary N) is 1. The summed E-state index contributed by atoms with van der Waals surface area (Å²) in [6.07, 6.45) is -5.02. The van der Waals surface area contributed by atoms with Gasteiger partial charge in [-0.1, -0.05) is 35.1 Å². The first-order valence-electron chi connectivity index (χ1n) is 7.71. The lowest BCUT2D eigenvalue weighted by atomic mass is 10.1. The van der Waals surface area contributed by atoms with Crippen LogP contribution in [0.2, 0.25) is 0 Å². The smallest absolute Gasteiger partial charge is 0.298 e. The van der Waals surface area contributed by atoms with Crippen molar-refractivity contribution in [2.24, 2.45) is 0 Å². The van der Waals surface area contributed by atoms with Gasteiger partial charge in [-0.25, -0.2) is 4.98 Å². The Hall–Kier alpha value is -2.52. The van der Waals surface area contributed by atoms with Crippen molar-refractivity contribution in [3.8, 4) is 10.6 Å². The topological polar surface area (TPSA) is 59.1 Å². The van der Waals surface area contributed by atoms with E-state index in [4.69, 9.17) is 0 Å². The van der Waals surface area contributed by atoms with Gasteiger partial charge in [0.25, 0.3) is 11.7 Å². The summed E-state index contributed by atoms with van der Waals surface area (Å²) < 4.78 is 38.8. The summed E-state index contributed by atoms with van der Waals surface area (Å²) in [5, 5.41) is 4.11. The van der Waals surface area contributed by atoms with Crippen LogP contribution in [0.1, 0.15) is 31.2 Å². The Kier molecular flexibility index (Phi) is 5.16. The van der Waals surface area contributed by atoms with Gasteiger partial charge >= 0.3 is 6.18 Å². The number of rotatable bonds is 4. The molecule has 0 fully saturated rings. The van der Waals surface area contributed by atoms with Crippen LogP contribution in [0.3, 0.4) is 0 Å². The molecule has 0 aliphatic heterocycles. The molecule has 1 aromatic carbocycles. The van der Waals surface area contributed by atoms with E-state index in [1.54, 1.807) is 36.6 Å². The van der Waals surface area contributed by atoms with Gasteiger partial charge in [-0.3, -0.25) is 14.9 Å². The monoisotopic (exact) mass is 410 g/mol. The highest BCUT2D eigenvalue weighted by Gasteiger charge is 2.42. The summed E-state index contributed by atoms with van der Waals surface area (Å²) in [6.45, 7) is 3.65. The molecule has 0 saturated heterocycles. The number of anilines is 1. The molecule has 0 spiro atoms. The lowest BCUT2D eigenvalue weighted by molar-refractivity contribution is -0.0882. The molecule has 1 N–H and O–H groups in total. The quantitative estimate of drug-likeness (QED) is 0.579. The second kappa shape index (κ2) is 7.24. The highest BCUT2D eigenvalue weighted by atomic mass is 32.1. The first-order chi connectivity index (χ1) is 12.7. The lowest BCUT2D eigenvalue weighted by Crippen LogP contribution is -2.22. The number of aromatic nitrogens is 1. The molecule has 0 atom stereocenters. The average Bonchev–Trinajstić information content (AvgIpc) is 3.22. The van der Waals surface area contributed by atoms with Crippen molar-refractivity contribution in [3.63, 3.8) is 0 Å². The number of ketones is 1. The van der Waals surface area contributed by atoms with Crippen LogP contribution in [0.15, 0.2) is 35.7 Å². The number of alkyl halides is 3. The lowest BCUT2D eigenvalue weighted by Gasteiger charge is -2.06. The molecule has 1 amide bonds. The van der Waals surface area contributed by atoms with Crippen molar-refractivity contribution >= 4 is 39.5 Å². The Morgan fingerprint density at radius 2 is 1.89 bits per heavy atom. The van der Waals surface area contributed by atoms with Crippen molar-refractivity contribution < 1.29 is 22.8 Å². The number of aryl methyl sites for hydroxylation is 2. The number of thiazole rings is 1. The molecular weight excluding hydrogens is 397 g/mol. The maximum absolute atomic E-state index is 12.9. The van der Waals surface area contributed by atoms with Crippen molar-refractivity contribution in [3.05, 3.63) is 57.3 Å². The highest BCUT2D eigenvalue weighted by Crippen LogP contribution is 2.37. The molecule has 0 unspecified atom stereocenters. The number of Topliss-reactive ketones (excluding diaryl/α,β-unsaturated/α-hetero) is 1. The highest BCUT2D eigenvalue weighted by molar-refractivity contribution is 7.19. The van der Waals surface area contributed by atoms with Gasteiger partial charge in [0.1, 0.15) is 10.6 Å². The number of halogens is 3. The zero-order valence-electron chi connectivity index (χ0n) is 14.2. The van der Waals surface area contributed by atoms with Crippen molar-refractivity contribution in [1.29, 1.82) is 0 Å². The maximum atomic E-state index is 12.9. The van der Waals surface area contributed by atoms with Gasteiger partial charge in [-0.2, -0.15) is 13.2 Å². The molecule has 3 aromatic rings. The molecule has 3 rings (SSSR count). The summed E-state index contributed by atoms with van der Waals surface area (Å²) in [5.41, 5.74) is 2.02. The third-order valence-electron chi connectivity index (χ3n) is 3.69. The molecule has 9 heteroatoms. The fourth-order valence-corrected chi connectivity index (χ4v) is 4.19. The summed E-state index contributed by atoms with van der Waals surface area (Å²) in [6, 6.07) is 8.44. The van der Waals surface area contributed by atoms with Gasteiger partial charge in [-0.15, -0.1) is 11.3 Å². The van der Waals surface area contributed by atoms with Gasteiger partial charge in [-0.05, 0) is 36.9 Å². The Labute approximate surface area is 160 Å². The van der Waals surface area contributed by atoms with Crippen molar-refractivity contribution in [2.75, 3.05) is 5.32 Å². The Bertz CT molecular complexity index is 1010. The molecule has 27 heavy (non-hydrogen) atoms. The number of carbonyl (C=O) groups is 2. The molecular formula is C18H13F3N2O2S2. The van der Waals surface area contributed by atoms with Gasteiger partial charge in [0, 0.05) is 5.56 Å². The van der Waals surface area contributed by atoms with Crippen LogP contribution in [0.5, 0.6) is 0 Å². The second-order valence-electron chi connectivity index (χ2n) is 5.77. The van der Waals surface area contributed by atoms with Gasteiger partial charge < -0.3 is 0 Å². The third kappa shape index (κ3) is 4.09. The molecule has 0 aliphatic carbocycles. The van der Waals surface area contributed by atoms with Crippen LogP contribution in [0.25, 0.3) is 10.6 Å².